The van der Waals surface area contributed by atoms with Gasteiger partial charge < -0.3 is 4.57 Å². The molecule has 3 nitrogen and oxygen atoms in total. The van der Waals surface area contributed by atoms with Crippen LogP contribution in [0.15, 0.2) is 81.9 Å². The van der Waals surface area contributed by atoms with E-state index >= 15 is 0 Å². The van der Waals surface area contributed by atoms with E-state index in [0.717, 1.165) is 17.9 Å². The maximum absolute atomic E-state index is 8.89. The molecule has 0 aliphatic rings. The first-order chi connectivity index (χ1) is 11.3. The first-order valence-electron chi connectivity index (χ1n) is 7.22. The van der Waals surface area contributed by atoms with Gasteiger partial charge in [-0.3, -0.25) is 0 Å². The maximum Gasteiger partial charge on any atom is 0.138 e. The molecule has 114 valence electrons. The second kappa shape index (κ2) is 7.91. The van der Waals surface area contributed by atoms with E-state index in [0.29, 0.717) is 0 Å². The molecule has 0 spiro atoms. The zero-order valence-electron chi connectivity index (χ0n) is 12.4. The van der Waals surface area contributed by atoms with Crippen molar-refractivity contribution in [3.63, 3.8) is 0 Å². The zero-order valence-corrected chi connectivity index (χ0v) is 14.1. The summed E-state index contributed by atoms with van der Waals surface area (Å²) in [7, 11) is 0. The molecule has 0 amide bonds. The quantitative estimate of drug-likeness (QED) is 0.476. The Morgan fingerprint density at radius 1 is 1.09 bits per heavy atom. The molecule has 5 heteroatoms. The highest BCUT2D eigenvalue weighted by atomic mass is 32.2. The molecule has 0 N–H and O–H groups in total. The normalized spacial score (nSPS) is 10.4. The molecule has 3 rings (SSSR count). The number of hydrogen-bond acceptors (Lipinski definition) is 4. The van der Waals surface area contributed by atoms with Crippen LogP contribution in [0.3, 0.4) is 0 Å². The Balaban J connectivity index is 1.83. The Labute approximate surface area is 144 Å². The molecular weight excluding hydrogens is 322 g/mol. The maximum atomic E-state index is 8.89. The van der Waals surface area contributed by atoms with Gasteiger partial charge in [-0.25, -0.2) is 4.98 Å². The van der Waals surface area contributed by atoms with E-state index in [9.17, 15) is 0 Å². The number of benzene rings is 2. The van der Waals surface area contributed by atoms with Gasteiger partial charge in [0.2, 0.25) is 0 Å². The van der Waals surface area contributed by atoms with Crippen LogP contribution in [0.2, 0.25) is 0 Å². The number of thioether (sulfide) groups is 1. The van der Waals surface area contributed by atoms with Crippen molar-refractivity contribution in [1.82, 2.24) is 9.55 Å². The summed E-state index contributed by atoms with van der Waals surface area (Å²) in [5, 5.41) is 11.0. The smallest absolute Gasteiger partial charge is 0.138 e. The van der Waals surface area contributed by atoms with Crippen molar-refractivity contribution < 1.29 is 0 Å². The van der Waals surface area contributed by atoms with Crippen LogP contribution in [-0.4, -0.2) is 9.55 Å². The Kier molecular flexibility index (Phi) is 5.41. The van der Waals surface area contributed by atoms with Gasteiger partial charge in [0, 0.05) is 33.6 Å². The van der Waals surface area contributed by atoms with Gasteiger partial charge in [0.15, 0.2) is 0 Å². The highest BCUT2D eigenvalue weighted by molar-refractivity contribution is 8.03. The summed E-state index contributed by atoms with van der Waals surface area (Å²) in [6.07, 6.45) is 6.54. The van der Waals surface area contributed by atoms with Crippen LogP contribution in [0.1, 0.15) is 5.56 Å². The van der Waals surface area contributed by atoms with Crippen LogP contribution in [0, 0.1) is 10.7 Å². The lowest BCUT2D eigenvalue weighted by Crippen LogP contribution is -2.00. The van der Waals surface area contributed by atoms with Gasteiger partial charge in [-0.1, -0.05) is 36.0 Å². The van der Waals surface area contributed by atoms with E-state index in [4.69, 9.17) is 5.26 Å². The SMILES string of the molecule is N#CSc1ccc(CCn2ccnc2)c(Sc2ccccc2)c1. The number of aryl methyl sites for hydroxylation is 2. The fraction of sp³-hybridized carbons (Fsp3) is 0.111. The molecule has 0 bridgehead atoms. The molecule has 0 fully saturated rings. The number of hydrogen-bond donors (Lipinski definition) is 0. The van der Waals surface area contributed by atoms with Gasteiger partial charge in [-0.15, -0.1) is 0 Å². The molecule has 2 aromatic carbocycles. The monoisotopic (exact) mass is 337 g/mol. The lowest BCUT2D eigenvalue weighted by Gasteiger charge is -2.11. The van der Waals surface area contributed by atoms with Gasteiger partial charge in [0.05, 0.1) is 6.33 Å². The van der Waals surface area contributed by atoms with Crippen LogP contribution >= 0.6 is 23.5 Å². The first kappa shape index (κ1) is 15.7. The summed E-state index contributed by atoms with van der Waals surface area (Å²) in [4.78, 5) is 7.47. The number of nitriles is 1. The van der Waals surface area contributed by atoms with Crippen molar-refractivity contribution in [1.29, 1.82) is 5.26 Å². The van der Waals surface area contributed by atoms with Gasteiger partial charge in [-0.2, -0.15) is 5.26 Å². The Morgan fingerprint density at radius 2 is 1.96 bits per heavy atom. The number of rotatable bonds is 6. The predicted molar refractivity (Wildman–Crippen MR) is 94.4 cm³/mol. The van der Waals surface area contributed by atoms with E-state index in [1.807, 2.05) is 36.8 Å². The third-order valence-corrected chi connectivity index (χ3v) is 5.06. The molecule has 0 radical (unpaired) electrons. The Morgan fingerprint density at radius 3 is 2.70 bits per heavy atom. The average molecular weight is 337 g/mol. The average Bonchev–Trinajstić information content (AvgIpc) is 3.09. The fourth-order valence-electron chi connectivity index (χ4n) is 2.24. The van der Waals surface area contributed by atoms with Gasteiger partial charge in [-0.05, 0) is 48.0 Å². The van der Waals surface area contributed by atoms with Crippen LogP contribution < -0.4 is 0 Å². The van der Waals surface area contributed by atoms with Crippen LogP contribution in [0.4, 0.5) is 0 Å². The van der Waals surface area contributed by atoms with Crippen LogP contribution in [0.5, 0.6) is 0 Å². The third-order valence-electron chi connectivity index (χ3n) is 3.37. The first-order valence-corrected chi connectivity index (χ1v) is 8.86. The second-order valence-electron chi connectivity index (χ2n) is 4.93. The van der Waals surface area contributed by atoms with Gasteiger partial charge in [0.1, 0.15) is 5.40 Å². The van der Waals surface area contributed by atoms with E-state index in [1.54, 1.807) is 18.0 Å². The van der Waals surface area contributed by atoms with E-state index in [2.05, 4.69) is 39.2 Å². The van der Waals surface area contributed by atoms with Crippen molar-refractivity contribution in [2.45, 2.75) is 27.7 Å². The highest BCUT2D eigenvalue weighted by Crippen LogP contribution is 2.33. The van der Waals surface area contributed by atoms with Gasteiger partial charge in [0.25, 0.3) is 0 Å². The minimum absolute atomic E-state index is 0.896. The summed E-state index contributed by atoms with van der Waals surface area (Å²) < 4.78 is 2.08. The topological polar surface area (TPSA) is 41.6 Å². The minimum atomic E-state index is 0.896. The van der Waals surface area contributed by atoms with E-state index in [1.165, 1.54) is 27.1 Å². The number of nitrogens with zero attached hydrogens (tertiary/aromatic N) is 3. The number of imidazole rings is 1. The largest absolute Gasteiger partial charge is 0.337 e. The molecule has 1 aromatic heterocycles. The lowest BCUT2D eigenvalue weighted by atomic mass is 10.1. The summed E-state index contributed by atoms with van der Waals surface area (Å²) in [6.45, 7) is 0.896. The van der Waals surface area contributed by atoms with Crippen molar-refractivity contribution in [3.05, 3.63) is 72.8 Å². The molecule has 3 aromatic rings. The van der Waals surface area contributed by atoms with Crippen molar-refractivity contribution in [3.8, 4) is 5.40 Å². The number of thiocyanates is 1. The number of aromatic nitrogens is 2. The molecule has 0 saturated heterocycles. The Hall–Kier alpha value is -2.16. The molecule has 0 atom stereocenters. The van der Waals surface area contributed by atoms with Gasteiger partial charge >= 0.3 is 0 Å². The Bertz CT molecular complexity index is 793. The molecule has 0 aliphatic heterocycles. The zero-order chi connectivity index (χ0) is 15.9. The molecule has 0 aliphatic carbocycles. The van der Waals surface area contributed by atoms with Crippen molar-refractivity contribution >= 4 is 23.5 Å². The van der Waals surface area contributed by atoms with Crippen LogP contribution in [0.25, 0.3) is 0 Å². The minimum Gasteiger partial charge on any atom is -0.337 e. The summed E-state index contributed by atoms with van der Waals surface area (Å²) in [5.74, 6) is 0. The van der Waals surface area contributed by atoms with E-state index in [-0.39, 0.29) is 0 Å². The van der Waals surface area contributed by atoms with Crippen molar-refractivity contribution in [2.24, 2.45) is 0 Å². The molecular formula is C18H15N3S2. The standard InChI is InChI=1S/C18H15N3S2/c19-13-22-17-7-6-15(8-10-21-11-9-20-14-21)18(12-17)23-16-4-2-1-3-5-16/h1-7,9,11-12,14H,8,10H2. The molecule has 1 heterocycles. The fourth-order valence-corrected chi connectivity index (χ4v) is 3.76. The van der Waals surface area contributed by atoms with Crippen LogP contribution in [-0.2, 0) is 13.0 Å². The summed E-state index contributed by atoms with van der Waals surface area (Å²) in [6, 6.07) is 16.6. The third kappa shape index (κ3) is 4.41. The van der Waals surface area contributed by atoms with E-state index < -0.39 is 0 Å². The molecule has 0 unspecified atom stereocenters. The second-order valence-corrected chi connectivity index (χ2v) is 6.90. The lowest BCUT2D eigenvalue weighted by molar-refractivity contribution is 0.689. The predicted octanol–water partition coefficient (Wildman–Crippen LogP) is 4.85. The molecule has 0 saturated carbocycles. The highest BCUT2D eigenvalue weighted by Gasteiger charge is 2.07. The summed E-state index contributed by atoms with van der Waals surface area (Å²) in [5.41, 5.74) is 1.29. The molecule has 23 heavy (non-hydrogen) atoms. The summed E-state index contributed by atoms with van der Waals surface area (Å²) >= 11 is 2.95. The van der Waals surface area contributed by atoms with Crippen molar-refractivity contribution in [2.75, 3.05) is 0 Å².